The van der Waals surface area contributed by atoms with Gasteiger partial charge in [-0.3, -0.25) is 4.79 Å². The zero-order valence-electron chi connectivity index (χ0n) is 9.08. The Morgan fingerprint density at radius 3 is 2.88 bits per heavy atom. The highest BCUT2D eigenvalue weighted by Gasteiger charge is 2.17. The van der Waals surface area contributed by atoms with Crippen LogP contribution in [0.3, 0.4) is 0 Å². The second-order valence-electron chi connectivity index (χ2n) is 3.30. The van der Waals surface area contributed by atoms with Gasteiger partial charge in [-0.15, -0.1) is 11.3 Å². The summed E-state index contributed by atoms with van der Waals surface area (Å²) in [4.78, 5) is 16.0. The molecule has 6 heteroatoms. The van der Waals surface area contributed by atoms with Crippen molar-refractivity contribution in [2.75, 3.05) is 0 Å². The smallest absolute Gasteiger partial charge is 0.272 e. The predicted octanol–water partition coefficient (Wildman–Crippen LogP) is 2.64. The third-order valence-electron chi connectivity index (χ3n) is 2.07. The highest BCUT2D eigenvalue weighted by Crippen LogP contribution is 2.24. The summed E-state index contributed by atoms with van der Waals surface area (Å²) in [6.45, 7) is 3.78. The molecule has 0 unspecified atom stereocenters. The Labute approximate surface area is 107 Å². The number of nitrogens with zero attached hydrogens (tertiary/aromatic N) is 2. The number of thiazole rings is 1. The molecule has 1 aromatic heterocycles. The van der Waals surface area contributed by atoms with Crippen LogP contribution in [-0.2, 0) is 0 Å². The number of aromatic nitrogens is 1. The van der Waals surface area contributed by atoms with Gasteiger partial charge in [-0.25, -0.2) is 4.98 Å². The minimum atomic E-state index is -0.224. The molecule has 1 rings (SSSR count). The van der Waals surface area contributed by atoms with Gasteiger partial charge in [0.1, 0.15) is 3.79 Å². The van der Waals surface area contributed by atoms with Crippen molar-refractivity contribution >= 4 is 33.2 Å². The highest BCUT2D eigenvalue weighted by atomic mass is 79.9. The average molecular weight is 302 g/mol. The Balaban J connectivity index is 2.72. The normalized spacial score (nSPS) is 11.9. The minimum absolute atomic E-state index is 0.105. The molecule has 1 amide bonds. The first-order valence-electron chi connectivity index (χ1n) is 4.89. The van der Waals surface area contributed by atoms with Crippen molar-refractivity contribution in [1.82, 2.24) is 10.3 Å². The fraction of sp³-hybridized carbons (Fsp3) is 0.500. The van der Waals surface area contributed by atoms with Gasteiger partial charge in [0.05, 0.1) is 17.5 Å². The van der Waals surface area contributed by atoms with Gasteiger partial charge in [0.2, 0.25) is 0 Å². The van der Waals surface area contributed by atoms with Crippen molar-refractivity contribution in [2.24, 2.45) is 0 Å². The molecule has 0 bridgehead atoms. The molecule has 0 saturated heterocycles. The standard InChI is InChI=1S/C10H12BrN3OS/c1-3-7(4-5-12)14-10(15)8-9(11)16-6(2)13-8/h7H,3-4H2,1-2H3,(H,14,15)/t7-/m1/s1. The number of aryl methyl sites for hydroxylation is 1. The van der Waals surface area contributed by atoms with Gasteiger partial charge in [0.25, 0.3) is 5.91 Å². The molecule has 0 aromatic carbocycles. The molecular weight excluding hydrogens is 290 g/mol. The lowest BCUT2D eigenvalue weighted by Crippen LogP contribution is -2.34. The SMILES string of the molecule is CC[C@H](CC#N)NC(=O)c1nc(C)sc1Br. The van der Waals surface area contributed by atoms with Crippen molar-refractivity contribution in [1.29, 1.82) is 5.26 Å². The lowest BCUT2D eigenvalue weighted by atomic mass is 10.1. The molecule has 0 aliphatic heterocycles. The number of rotatable bonds is 4. The van der Waals surface area contributed by atoms with E-state index in [0.29, 0.717) is 12.1 Å². The van der Waals surface area contributed by atoms with Gasteiger partial charge < -0.3 is 5.32 Å². The molecule has 1 aromatic rings. The van der Waals surface area contributed by atoms with E-state index in [1.807, 2.05) is 13.8 Å². The van der Waals surface area contributed by atoms with E-state index in [1.165, 1.54) is 11.3 Å². The van der Waals surface area contributed by atoms with Crippen molar-refractivity contribution in [3.05, 3.63) is 14.5 Å². The number of carbonyl (C=O) groups is 1. The van der Waals surface area contributed by atoms with Gasteiger partial charge in [0.15, 0.2) is 5.69 Å². The molecule has 1 atom stereocenters. The number of amides is 1. The zero-order valence-corrected chi connectivity index (χ0v) is 11.5. The molecule has 0 fully saturated rings. The summed E-state index contributed by atoms with van der Waals surface area (Å²) in [6, 6.07) is 1.95. The summed E-state index contributed by atoms with van der Waals surface area (Å²) in [5.74, 6) is -0.224. The van der Waals surface area contributed by atoms with Crippen molar-refractivity contribution < 1.29 is 4.79 Å². The molecular formula is C10H12BrN3OS. The third kappa shape index (κ3) is 3.29. The molecule has 0 spiro atoms. The Kier molecular flexibility index (Phi) is 4.90. The third-order valence-corrected chi connectivity index (χ3v) is 3.69. The summed E-state index contributed by atoms with van der Waals surface area (Å²) >= 11 is 4.72. The largest absolute Gasteiger partial charge is 0.347 e. The topological polar surface area (TPSA) is 65.8 Å². The number of hydrogen-bond acceptors (Lipinski definition) is 4. The molecule has 1 N–H and O–H groups in total. The average Bonchev–Trinajstić information content (AvgIpc) is 2.57. The fourth-order valence-electron chi connectivity index (χ4n) is 1.20. The van der Waals surface area contributed by atoms with E-state index in [0.717, 1.165) is 15.2 Å². The molecule has 0 radical (unpaired) electrons. The first-order chi connectivity index (χ1) is 7.58. The van der Waals surface area contributed by atoms with Gasteiger partial charge >= 0.3 is 0 Å². The molecule has 1 heterocycles. The van der Waals surface area contributed by atoms with Crippen LogP contribution in [0, 0.1) is 18.3 Å². The van der Waals surface area contributed by atoms with Crippen LogP contribution >= 0.6 is 27.3 Å². The molecule has 4 nitrogen and oxygen atoms in total. The molecule has 0 aliphatic rings. The number of nitriles is 1. The second kappa shape index (κ2) is 5.97. The fourth-order valence-corrected chi connectivity index (χ4v) is 2.81. The van der Waals surface area contributed by atoms with Gasteiger partial charge in [-0.2, -0.15) is 5.26 Å². The van der Waals surface area contributed by atoms with E-state index < -0.39 is 0 Å². The van der Waals surface area contributed by atoms with E-state index in [4.69, 9.17) is 5.26 Å². The highest BCUT2D eigenvalue weighted by molar-refractivity contribution is 9.11. The molecule has 0 saturated carbocycles. The van der Waals surface area contributed by atoms with Crippen LogP contribution in [0.25, 0.3) is 0 Å². The number of carbonyl (C=O) groups excluding carboxylic acids is 1. The van der Waals surface area contributed by atoms with Gasteiger partial charge in [-0.1, -0.05) is 6.92 Å². The Bertz CT molecular complexity index is 424. The predicted molar refractivity (Wildman–Crippen MR) is 66.3 cm³/mol. The lowest BCUT2D eigenvalue weighted by molar-refractivity contribution is 0.0931. The van der Waals surface area contributed by atoms with Crippen LogP contribution in [0.4, 0.5) is 0 Å². The second-order valence-corrected chi connectivity index (χ2v) is 5.82. The van der Waals surface area contributed by atoms with Gasteiger partial charge in [-0.05, 0) is 29.3 Å². The van der Waals surface area contributed by atoms with Crippen molar-refractivity contribution in [2.45, 2.75) is 32.7 Å². The maximum absolute atomic E-state index is 11.8. The summed E-state index contributed by atoms with van der Waals surface area (Å²) in [6.07, 6.45) is 1.06. The van der Waals surface area contributed by atoms with E-state index >= 15 is 0 Å². The summed E-state index contributed by atoms with van der Waals surface area (Å²) in [5, 5.41) is 12.2. The van der Waals surface area contributed by atoms with Crippen LogP contribution in [0.1, 0.15) is 35.3 Å². The molecule has 0 aliphatic carbocycles. The van der Waals surface area contributed by atoms with Gasteiger partial charge in [0, 0.05) is 6.04 Å². The Morgan fingerprint density at radius 2 is 2.44 bits per heavy atom. The van der Waals surface area contributed by atoms with Crippen LogP contribution in [0.5, 0.6) is 0 Å². The van der Waals surface area contributed by atoms with E-state index in [9.17, 15) is 4.79 Å². The zero-order chi connectivity index (χ0) is 12.1. The van der Waals surface area contributed by atoms with E-state index in [2.05, 4.69) is 32.3 Å². The number of nitrogens with one attached hydrogen (secondary N) is 1. The quantitative estimate of drug-likeness (QED) is 0.929. The van der Waals surface area contributed by atoms with Crippen LogP contribution < -0.4 is 5.32 Å². The maximum Gasteiger partial charge on any atom is 0.272 e. The van der Waals surface area contributed by atoms with E-state index in [1.54, 1.807) is 0 Å². The van der Waals surface area contributed by atoms with E-state index in [-0.39, 0.29) is 11.9 Å². The maximum atomic E-state index is 11.8. The molecule has 86 valence electrons. The summed E-state index contributed by atoms with van der Waals surface area (Å²) < 4.78 is 0.731. The summed E-state index contributed by atoms with van der Waals surface area (Å²) in [5.41, 5.74) is 0.402. The number of halogens is 1. The lowest BCUT2D eigenvalue weighted by Gasteiger charge is -2.12. The van der Waals surface area contributed by atoms with Crippen LogP contribution in [0.2, 0.25) is 0 Å². The monoisotopic (exact) mass is 301 g/mol. The number of hydrogen-bond donors (Lipinski definition) is 1. The van der Waals surface area contributed by atoms with Crippen LogP contribution in [0.15, 0.2) is 3.79 Å². The summed E-state index contributed by atoms with van der Waals surface area (Å²) in [7, 11) is 0. The Morgan fingerprint density at radius 1 is 1.75 bits per heavy atom. The van der Waals surface area contributed by atoms with Crippen molar-refractivity contribution in [3.8, 4) is 6.07 Å². The molecule has 16 heavy (non-hydrogen) atoms. The minimum Gasteiger partial charge on any atom is -0.347 e. The van der Waals surface area contributed by atoms with Crippen LogP contribution in [-0.4, -0.2) is 16.9 Å². The Hall–Kier alpha value is -0.930. The first-order valence-corrected chi connectivity index (χ1v) is 6.50. The van der Waals surface area contributed by atoms with Crippen molar-refractivity contribution in [3.63, 3.8) is 0 Å². The first kappa shape index (κ1) is 13.1.